The summed E-state index contributed by atoms with van der Waals surface area (Å²) < 4.78 is 2.06. The fourth-order valence-electron chi connectivity index (χ4n) is 1.63. The molecule has 0 aliphatic carbocycles. The number of nitriles is 1. The number of hydrogen-bond acceptors (Lipinski definition) is 2. The van der Waals surface area contributed by atoms with Gasteiger partial charge in [0.05, 0.1) is 0 Å². The average Bonchev–Trinajstić information content (AvgIpc) is 2.59. The first-order valence-electron chi connectivity index (χ1n) is 5.41. The van der Waals surface area contributed by atoms with Gasteiger partial charge in [-0.05, 0) is 25.0 Å². The van der Waals surface area contributed by atoms with Crippen molar-refractivity contribution in [2.24, 2.45) is 0 Å². The van der Waals surface area contributed by atoms with Crippen LogP contribution in [-0.4, -0.2) is 10.4 Å². The van der Waals surface area contributed by atoms with Crippen LogP contribution in [0.2, 0.25) is 0 Å². The van der Waals surface area contributed by atoms with Crippen molar-refractivity contribution in [1.82, 2.24) is 4.57 Å². The third-order valence-corrected chi connectivity index (χ3v) is 2.57. The third kappa shape index (κ3) is 3.39. The van der Waals surface area contributed by atoms with Gasteiger partial charge in [-0.2, -0.15) is 5.26 Å². The highest BCUT2D eigenvalue weighted by Crippen LogP contribution is 2.01. The zero-order chi connectivity index (χ0) is 12.0. The Kier molecular flexibility index (Phi) is 4.53. The van der Waals surface area contributed by atoms with Gasteiger partial charge in [-0.15, -0.1) is 0 Å². The summed E-state index contributed by atoms with van der Waals surface area (Å²) in [5.41, 5.74) is 0. The second-order valence-corrected chi connectivity index (χ2v) is 3.81. The Morgan fingerprint density at radius 3 is 2.44 bits per heavy atom. The second-order valence-electron chi connectivity index (χ2n) is 3.81. The Balaban J connectivity index is 2.27. The summed E-state index contributed by atoms with van der Waals surface area (Å²) >= 11 is 0. The molecule has 0 amide bonds. The van der Waals surface area contributed by atoms with Gasteiger partial charge in [0.25, 0.3) is 0 Å². The normalized spacial score (nSPS) is 9.94. The van der Waals surface area contributed by atoms with Crippen molar-refractivity contribution in [1.29, 1.82) is 5.26 Å². The van der Waals surface area contributed by atoms with Crippen LogP contribution < -0.4 is 10.7 Å². The van der Waals surface area contributed by atoms with E-state index in [2.05, 4.69) is 17.7 Å². The topological polar surface area (TPSA) is 45.8 Å². The first kappa shape index (κ1) is 12.3. The molecule has 0 radical (unpaired) electrons. The summed E-state index contributed by atoms with van der Waals surface area (Å²) in [6, 6.07) is 5.52. The zero-order valence-corrected chi connectivity index (χ0v) is 9.41. The molecular formula is C13H16N2O. The molecule has 0 saturated heterocycles. The average molecular weight is 216 g/mol. The molecule has 0 aliphatic heterocycles. The number of rotatable bonds is 6. The fourth-order valence-corrected chi connectivity index (χ4v) is 1.63. The van der Waals surface area contributed by atoms with Crippen LogP contribution in [-0.2, 0) is 11.3 Å². The second kappa shape index (κ2) is 5.92. The van der Waals surface area contributed by atoms with E-state index >= 15 is 0 Å². The van der Waals surface area contributed by atoms with Gasteiger partial charge in [0.1, 0.15) is 6.07 Å². The number of unbranched alkanes of at least 4 members (excludes halogenated alkanes) is 2. The van der Waals surface area contributed by atoms with E-state index in [0.29, 0.717) is 6.42 Å². The van der Waals surface area contributed by atoms with Gasteiger partial charge < -0.3 is 4.57 Å². The van der Waals surface area contributed by atoms with Crippen LogP contribution in [0.25, 0.3) is 13.2 Å². The Labute approximate surface area is 95.3 Å². The molecule has 1 rings (SSSR count). The van der Waals surface area contributed by atoms with Gasteiger partial charge in [0, 0.05) is 23.7 Å². The van der Waals surface area contributed by atoms with Crippen molar-refractivity contribution < 1.29 is 4.79 Å². The van der Waals surface area contributed by atoms with Gasteiger partial charge in [-0.3, -0.25) is 4.79 Å². The molecule has 0 fully saturated rings. The van der Waals surface area contributed by atoms with Gasteiger partial charge in [-0.25, -0.2) is 0 Å². The Morgan fingerprint density at radius 1 is 1.25 bits per heavy atom. The van der Waals surface area contributed by atoms with Crippen LogP contribution in [0.4, 0.5) is 0 Å². The maximum Gasteiger partial charge on any atom is 0.231 e. The molecule has 0 unspecified atom stereocenters. The van der Waals surface area contributed by atoms with Gasteiger partial charge in [-0.1, -0.05) is 19.6 Å². The van der Waals surface area contributed by atoms with Crippen molar-refractivity contribution in [3.8, 4) is 6.07 Å². The molecule has 0 spiro atoms. The fraction of sp³-hybridized carbons (Fsp3) is 0.385. The van der Waals surface area contributed by atoms with Crippen molar-refractivity contribution in [2.75, 3.05) is 0 Å². The van der Waals surface area contributed by atoms with Crippen molar-refractivity contribution in [2.45, 2.75) is 32.2 Å². The SMILES string of the molecule is C=c1ccc(=C)n1CCCCCC(=O)C#N. The molecule has 1 aromatic heterocycles. The van der Waals surface area contributed by atoms with Gasteiger partial charge in [0.2, 0.25) is 5.78 Å². The summed E-state index contributed by atoms with van der Waals surface area (Å²) in [6.07, 6.45) is 3.09. The van der Waals surface area contributed by atoms with Crippen molar-refractivity contribution in [3.63, 3.8) is 0 Å². The minimum atomic E-state index is -0.323. The summed E-state index contributed by atoms with van der Waals surface area (Å²) in [5.74, 6) is -0.323. The Hall–Kier alpha value is -1.82. The number of nitrogens with zero attached hydrogens (tertiary/aromatic N) is 2. The number of Topliss-reactive ketones (excluding diaryl/α,β-unsaturated/α-hetero) is 1. The number of ketones is 1. The highest BCUT2D eigenvalue weighted by atomic mass is 16.1. The molecule has 0 saturated carbocycles. The predicted octanol–water partition coefficient (Wildman–Crippen LogP) is 0.962. The third-order valence-electron chi connectivity index (χ3n) is 2.57. The highest BCUT2D eigenvalue weighted by molar-refractivity contribution is 5.93. The first-order valence-corrected chi connectivity index (χ1v) is 5.41. The van der Waals surface area contributed by atoms with E-state index in [1.807, 2.05) is 12.1 Å². The van der Waals surface area contributed by atoms with Crippen molar-refractivity contribution >= 4 is 18.9 Å². The predicted molar refractivity (Wildman–Crippen MR) is 63.8 cm³/mol. The number of aromatic nitrogens is 1. The lowest BCUT2D eigenvalue weighted by atomic mass is 10.1. The van der Waals surface area contributed by atoms with Crippen LogP contribution in [0.3, 0.4) is 0 Å². The quantitative estimate of drug-likeness (QED) is 0.525. The molecule has 0 aromatic carbocycles. The first-order chi connectivity index (χ1) is 7.65. The van der Waals surface area contributed by atoms with Gasteiger partial charge in [0.15, 0.2) is 0 Å². The van der Waals surface area contributed by atoms with Gasteiger partial charge >= 0.3 is 0 Å². The van der Waals surface area contributed by atoms with E-state index < -0.39 is 0 Å². The molecule has 1 aromatic rings. The van der Waals surface area contributed by atoms with Crippen LogP contribution >= 0.6 is 0 Å². The standard InChI is InChI=1S/C13H16N2O/c1-11-7-8-12(2)15(11)9-5-3-4-6-13(16)10-14/h7-8H,1-6,9H2. The summed E-state index contributed by atoms with van der Waals surface area (Å²) in [5, 5.41) is 10.2. The number of hydrogen-bond donors (Lipinski definition) is 0. The summed E-state index contributed by atoms with van der Waals surface area (Å²) in [4.78, 5) is 10.7. The largest absolute Gasteiger partial charge is 0.343 e. The van der Waals surface area contributed by atoms with E-state index in [0.717, 1.165) is 36.5 Å². The van der Waals surface area contributed by atoms with E-state index in [-0.39, 0.29) is 5.78 Å². The molecule has 0 N–H and O–H groups in total. The Bertz CT molecular complexity index is 465. The minimum Gasteiger partial charge on any atom is -0.343 e. The molecule has 3 nitrogen and oxygen atoms in total. The lowest BCUT2D eigenvalue weighted by Gasteiger charge is -2.03. The smallest absolute Gasteiger partial charge is 0.231 e. The van der Waals surface area contributed by atoms with Crippen LogP contribution in [0.15, 0.2) is 12.1 Å². The molecule has 0 bridgehead atoms. The zero-order valence-electron chi connectivity index (χ0n) is 9.41. The van der Waals surface area contributed by atoms with E-state index in [1.165, 1.54) is 0 Å². The van der Waals surface area contributed by atoms with E-state index in [4.69, 9.17) is 5.26 Å². The van der Waals surface area contributed by atoms with Crippen LogP contribution in [0.1, 0.15) is 25.7 Å². The van der Waals surface area contributed by atoms with Crippen molar-refractivity contribution in [3.05, 3.63) is 22.8 Å². The molecule has 3 heteroatoms. The molecule has 0 aliphatic rings. The lowest BCUT2D eigenvalue weighted by Crippen LogP contribution is -2.24. The van der Waals surface area contributed by atoms with Crippen LogP contribution in [0.5, 0.6) is 0 Å². The highest BCUT2D eigenvalue weighted by Gasteiger charge is 1.99. The molecule has 84 valence electrons. The minimum absolute atomic E-state index is 0.323. The number of carbonyl (C=O) groups excluding carboxylic acids is 1. The Morgan fingerprint density at radius 2 is 1.88 bits per heavy atom. The van der Waals surface area contributed by atoms with E-state index in [1.54, 1.807) is 6.07 Å². The summed E-state index contributed by atoms with van der Waals surface area (Å²) in [6.45, 7) is 8.70. The molecule has 0 atom stereocenters. The molecular weight excluding hydrogens is 200 g/mol. The maximum absolute atomic E-state index is 10.7. The lowest BCUT2D eigenvalue weighted by molar-refractivity contribution is -0.114. The molecule has 1 heterocycles. The molecule has 16 heavy (non-hydrogen) atoms. The van der Waals surface area contributed by atoms with Crippen LogP contribution in [0, 0.1) is 11.3 Å². The monoisotopic (exact) mass is 216 g/mol. The summed E-state index contributed by atoms with van der Waals surface area (Å²) in [7, 11) is 0. The maximum atomic E-state index is 10.7. The van der Waals surface area contributed by atoms with E-state index in [9.17, 15) is 4.79 Å². The number of carbonyl (C=O) groups is 1.